The Labute approximate surface area is 183 Å². The zero-order chi connectivity index (χ0) is 21.6. The van der Waals surface area contributed by atoms with Crippen LogP contribution < -0.4 is 24.3 Å². The monoisotopic (exact) mass is 442 g/mol. The number of nitrogens with one attached hydrogen (secondary N) is 1. The minimum atomic E-state index is -0.862. The number of aromatic nitrogens is 1. The Bertz CT molecular complexity index is 1040. The summed E-state index contributed by atoms with van der Waals surface area (Å²) in [5, 5.41) is 15.7. The summed E-state index contributed by atoms with van der Waals surface area (Å²) in [6, 6.07) is 12.0. The Morgan fingerprint density at radius 2 is 1.94 bits per heavy atom. The average molecular weight is 442 g/mol. The van der Waals surface area contributed by atoms with Gasteiger partial charge in [-0.25, -0.2) is 4.98 Å². The van der Waals surface area contributed by atoms with E-state index in [2.05, 4.69) is 10.3 Å². The van der Waals surface area contributed by atoms with Crippen molar-refractivity contribution in [1.82, 2.24) is 10.3 Å². The van der Waals surface area contributed by atoms with Crippen LogP contribution in [0.1, 0.15) is 21.1 Å². The standard InChI is InChI=1S/C22H22N2O6S/c1-14-24-16(12-31-14)10-27-18-4-2-15(3-5-18)22(26)23-9-17(25)11-28-19-6-7-20-21(8-19)30-13-29-20/h2-8,12,17,25H,9-11,13H2,1H3,(H,23,26). The molecule has 2 heterocycles. The van der Waals surface area contributed by atoms with Crippen LogP contribution in [0, 0.1) is 6.92 Å². The summed E-state index contributed by atoms with van der Waals surface area (Å²) in [6.07, 6.45) is -0.862. The average Bonchev–Trinajstić information content (AvgIpc) is 3.43. The molecule has 3 aromatic rings. The van der Waals surface area contributed by atoms with E-state index in [0.29, 0.717) is 35.2 Å². The number of fused-ring (bicyclic) bond motifs is 1. The van der Waals surface area contributed by atoms with E-state index in [1.807, 2.05) is 12.3 Å². The van der Waals surface area contributed by atoms with E-state index < -0.39 is 6.10 Å². The van der Waals surface area contributed by atoms with E-state index >= 15 is 0 Å². The van der Waals surface area contributed by atoms with Gasteiger partial charge in [-0.05, 0) is 43.3 Å². The molecule has 1 aromatic heterocycles. The van der Waals surface area contributed by atoms with Crippen molar-refractivity contribution in [2.24, 2.45) is 0 Å². The van der Waals surface area contributed by atoms with Crippen LogP contribution >= 0.6 is 11.3 Å². The first-order valence-electron chi connectivity index (χ1n) is 9.69. The molecule has 1 unspecified atom stereocenters. The highest BCUT2D eigenvalue weighted by Crippen LogP contribution is 2.35. The van der Waals surface area contributed by atoms with Crippen LogP contribution in [0.5, 0.6) is 23.0 Å². The molecule has 1 aliphatic heterocycles. The van der Waals surface area contributed by atoms with Crippen molar-refractivity contribution in [3.63, 3.8) is 0 Å². The van der Waals surface area contributed by atoms with Gasteiger partial charge in [-0.1, -0.05) is 0 Å². The summed E-state index contributed by atoms with van der Waals surface area (Å²) in [7, 11) is 0. The predicted molar refractivity (Wildman–Crippen MR) is 114 cm³/mol. The molecule has 0 bridgehead atoms. The highest BCUT2D eigenvalue weighted by molar-refractivity contribution is 7.09. The third kappa shape index (κ3) is 5.65. The van der Waals surface area contributed by atoms with Crippen LogP contribution in [0.15, 0.2) is 47.8 Å². The van der Waals surface area contributed by atoms with E-state index in [1.54, 1.807) is 53.8 Å². The zero-order valence-electron chi connectivity index (χ0n) is 16.9. The minimum Gasteiger partial charge on any atom is -0.491 e. The summed E-state index contributed by atoms with van der Waals surface area (Å²) in [4.78, 5) is 16.6. The molecule has 1 atom stereocenters. The van der Waals surface area contributed by atoms with Crippen molar-refractivity contribution in [2.75, 3.05) is 19.9 Å². The van der Waals surface area contributed by atoms with Gasteiger partial charge in [0.25, 0.3) is 5.91 Å². The number of amides is 1. The fraction of sp³-hybridized carbons (Fsp3) is 0.273. The van der Waals surface area contributed by atoms with Gasteiger partial charge in [-0.3, -0.25) is 4.79 Å². The predicted octanol–water partition coefficient (Wildman–Crippen LogP) is 2.93. The molecule has 31 heavy (non-hydrogen) atoms. The van der Waals surface area contributed by atoms with Crippen molar-refractivity contribution >= 4 is 17.2 Å². The van der Waals surface area contributed by atoms with Crippen LogP contribution in [-0.2, 0) is 6.61 Å². The maximum atomic E-state index is 12.3. The largest absolute Gasteiger partial charge is 0.491 e. The van der Waals surface area contributed by atoms with Gasteiger partial charge in [0.2, 0.25) is 6.79 Å². The first-order valence-corrected chi connectivity index (χ1v) is 10.6. The summed E-state index contributed by atoms with van der Waals surface area (Å²) in [6.45, 7) is 2.60. The number of carbonyl (C=O) groups excluding carboxylic acids is 1. The number of hydrogen-bond acceptors (Lipinski definition) is 8. The van der Waals surface area contributed by atoms with Gasteiger partial charge >= 0.3 is 0 Å². The third-order valence-electron chi connectivity index (χ3n) is 4.45. The van der Waals surface area contributed by atoms with Gasteiger partial charge in [0, 0.05) is 23.6 Å². The molecule has 9 heteroatoms. The minimum absolute atomic E-state index is 0.0306. The van der Waals surface area contributed by atoms with Crippen LogP contribution in [0.3, 0.4) is 0 Å². The van der Waals surface area contributed by atoms with Crippen LogP contribution in [0.2, 0.25) is 0 Å². The first-order chi connectivity index (χ1) is 15.1. The van der Waals surface area contributed by atoms with Crippen LogP contribution in [0.4, 0.5) is 0 Å². The van der Waals surface area contributed by atoms with Crippen molar-refractivity contribution in [2.45, 2.75) is 19.6 Å². The molecule has 1 aliphatic rings. The van der Waals surface area contributed by atoms with E-state index in [4.69, 9.17) is 18.9 Å². The molecule has 0 saturated heterocycles. The Balaban J connectivity index is 1.20. The molecule has 0 fully saturated rings. The Morgan fingerprint density at radius 3 is 2.71 bits per heavy atom. The van der Waals surface area contributed by atoms with Gasteiger partial charge in [-0.2, -0.15) is 0 Å². The lowest BCUT2D eigenvalue weighted by Gasteiger charge is -2.14. The summed E-state index contributed by atoms with van der Waals surface area (Å²) >= 11 is 1.58. The smallest absolute Gasteiger partial charge is 0.251 e. The number of rotatable bonds is 9. The second kappa shape index (κ2) is 9.67. The number of thiazole rings is 1. The molecular weight excluding hydrogens is 420 g/mol. The number of aliphatic hydroxyl groups is 1. The number of carbonyl (C=O) groups is 1. The molecule has 0 spiro atoms. The number of benzene rings is 2. The number of nitrogens with zero attached hydrogens (tertiary/aromatic N) is 1. The second-order valence-electron chi connectivity index (χ2n) is 6.86. The molecule has 0 aliphatic carbocycles. The van der Waals surface area contributed by atoms with E-state index in [-0.39, 0.29) is 25.9 Å². The molecule has 2 N–H and O–H groups in total. The highest BCUT2D eigenvalue weighted by Gasteiger charge is 2.15. The number of aryl methyl sites for hydroxylation is 1. The molecule has 8 nitrogen and oxygen atoms in total. The van der Waals surface area contributed by atoms with Gasteiger partial charge in [0.1, 0.15) is 30.8 Å². The molecule has 0 radical (unpaired) electrons. The lowest BCUT2D eigenvalue weighted by molar-refractivity contribution is 0.0843. The lowest BCUT2D eigenvalue weighted by atomic mass is 10.2. The summed E-state index contributed by atoms with van der Waals surface area (Å²) in [5.41, 5.74) is 1.35. The van der Waals surface area contributed by atoms with E-state index in [1.165, 1.54) is 0 Å². The fourth-order valence-electron chi connectivity index (χ4n) is 2.86. The Morgan fingerprint density at radius 1 is 1.16 bits per heavy atom. The number of ether oxygens (including phenoxy) is 4. The molecular formula is C22H22N2O6S. The quantitative estimate of drug-likeness (QED) is 0.526. The van der Waals surface area contributed by atoms with Crippen LogP contribution in [-0.4, -0.2) is 42.0 Å². The molecule has 4 rings (SSSR count). The van der Waals surface area contributed by atoms with Crippen molar-refractivity contribution in [3.05, 3.63) is 64.1 Å². The van der Waals surface area contributed by atoms with Gasteiger partial charge in [-0.15, -0.1) is 11.3 Å². The van der Waals surface area contributed by atoms with Crippen molar-refractivity contribution in [3.8, 4) is 23.0 Å². The zero-order valence-corrected chi connectivity index (χ0v) is 17.7. The Hall–Kier alpha value is -3.30. The second-order valence-corrected chi connectivity index (χ2v) is 7.92. The SMILES string of the molecule is Cc1nc(COc2ccc(C(=O)NCC(O)COc3ccc4c(c3)OCO4)cc2)cs1. The van der Waals surface area contributed by atoms with Crippen molar-refractivity contribution in [1.29, 1.82) is 0 Å². The third-order valence-corrected chi connectivity index (χ3v) is 5.28. The first kappa shape index (κ1) is 21.0. The van der Waals surface area contributed by atoms with Gasteiger partial charge < -0.3 is 29.4 Å². The van der Waals surface area contributed by atoms with Gasteiger partial charge in [0.05, 0.1) is 10.7 Å². The molecule has 0 saturated carbocycles. The molecule has 162 valence electrons. The van der Waals surface area contributed by atoms with Crippen molar-refractivity contribution < 1.29 is 28.8 Å². The summed E-state index contributed by atoms with van der Waals surface area (Å²) < 4.78 is 21.8. The molecule has 2 aromatic carbocycles. The highest BCUT2D eigenvalue weighted by atomic mass is 32.1. The van der Waals surface area contributed by atoms with E-state index in [0.717, 1.165) is 10.7 Å². The van der Waals surface area contributed by atoms with Crippen LogP contribution in [0.25, 0.3) is 0 Å². The number of aliphatic hydroxyl groups excluding tert-OH is 1. The van der Waals surface area contributed by atoms with Gasteiger partial charge in [0.15, 0.2) is 11.5 Å². The molecule has 1 amide bonds. The number of hydrogen-bond donors (Lipinski definition) is 2. The normalized spacial score (nSPS) is 13.0. The maximum absolute atomic E-state index is 12.3. The maximum Gasteiger partial charge on any atom is 0.251 e. The topological polar surface area (TPSA) is 99.1 Å². The summed E-state index contributed by atoms with van der Waals surface area (Å²) in [5.74, 6) is 2.19. The fourth-order valence-corrected chi connectivity index (χ4v) is 3.46. The Kier molecular flexibility index (Phi) is 6.54. The van der Waals surface area contributed by atoms with E-state index in [9.17, 15) is 9.90 Å². The lowest BCUT2D eigenvalue weighted by Crippen LogP contribution is -2.35.